The summed E-state index contributed by atoms with van der Waals surface area (Å²) in [6, 6.07) is 26.0. The summed E-state index contributed by atoms with van der Waals surface area (Å²) in [5, 5.41) is 9.01. The molecule has 1 aliphatic rings. The maximum Gasteiger partial charge on any atom is 0.303 e. The Kier molecular flexibility index (Phi) is 7.50. The quantitative estimate of drug-likeness (QED) is 0.284. The van der Waals surface area contributed by atoms with Gasteiger partial charge in [0.15, 0.2) is 0 Å². The lowest BCUT2D eigenvalue weighted by atomic mass is 9.76. The van der Waals surface area contributed by atoms with Crippen molar-refractivity contribution in [2.24, 2.45) is 0 Å². The Labute approximate surface area is 223 Å². The van der Waals surface area contributed by atoms with Crippen LogP contribution < -0.4 is 0 Å². The van der Waals surface area contributed by atoms with Crippen molar-refractivity contribution in [3.63, 3.8) is 0 Å². The normalized spacial score (nSPS) is 17.4. The molecule has 1 fully saturated rings. The Balaban J connectivity index is 1.43. The minimum Gasteiger partial charge on any atom is -0.481 e. The summed E-state index contributed by atoms with van der Waals surface area (Å²) >= 11 is 0. The maximum absolute atomic E-state index is 13.6. The Morgan fingerprint density at radius 1 is 0.921 bits per heavy atom. The molecule has 3 aromatic carbocycles. The fourth-order valence-electron chi connectivity index (χ4n) is 5.47. The number of likely N-dealkylation sites (tertiary alicyclic amines) is 1. The zero-order valence-electron chi connectivity index (χ0n) is 21.8. The summed E-state index contributed by atoms with van der Waals surface area (Å²) in [7, 11) is 0. The van der Waals surface area contributed by atoms with Gasteiger partial charge < -0.3 is 10.0 Å². The second kappa shape index (κ2) is 11.1. The van der Waals surface area contributed by atoms with E-state index < -0.39 is 5.97 Å². The van der Waals surface area contributed by atoms with E-state index in [2.05, 4.69) is 31.2 Å². The van der Waals surface area contributed by atoms with Gasteiger partial charge in [0.05, 0.1) is 22.4 Å². The topological polar surface area (TPSA) is 83.4 Å². The molecule has 1 atom stereocenters. The Bertz CT molecular complexity index is 1440. The number of nitrogens with zero attached hydrogens (tertiary/aromatic N) is 3. The molecule has 0 bridgehead atoms. The predicted molar refractivity (Wildman–Crippen MR) is 149 cm³/mol. The molecule has 6 nitrogen and oxygen atoms in total. The van der Waals surface area contributed by atoms with E-state index in [0.29, 0.717) is 36.9 Å². The standard InChI is InChI=1S/C32H33N3O3/c1-32(25-13-6-3-7-14-25)19-10-20-35(22-32)31(38)24-17-18-26-28(21-24)33-27(15-8-9-16-29(36)37)30(34-26)23-11-4-2-5-12-23/h2-7,11-14,17-18,21H,8-10,15-16,19-20,22H2,1H3,(H,36,37). The van der Waals surface area contributed by atoms with Gasteiger partial charge in [0.2, 0.25) is 0 Å². The van der Waals surface area contributed by atoms with Crippen LogP contribution >= 0.6 is 0 Å². The van der Waals surface area contributed by atoms with Crippen LogP contribution in [-0.2, 0) is 16.6 Å². The molecule has 1 aromatic heterocycles. The van der Waals surface area contributed by atoms with E-state index in [-0.39, 0.29) is 17.7 Å². The van der Waals surface area contributed by atoms with Gasteiger partial charge in [0.25, 0.3) is 5.91 Å². The number of carbonyl (C=O) groups excluding carboxylic acids is 1. The lowest BCUT2D eigenvalue weighted by Crippen LogP contribution is -2.47. The predicted octanol–water partition coefficient (Wildman–Crippen LogP) is 6.29. The number of rotatable bonds is 8. The van der Waals surface area contributed by atoms with Crippen LogP contribution in [0.1, 0.15) is 60.6 Å². The number of carboxylic acid groups (broad SMARTS) is 1. The molecule has 5 rings (SSSR count). The smallest absolute Gasteiger partial charge is 0.303 e. The summed E-state index contributed by atoms with van der Waals surface area (Å²) in [4.78, 5) is 36.4. The average Bonchev–Trinajstić information content (AvgIpc) is 2.95. The zero-order valence-corrected chi connectivity index (χ0v) is 21.8. The van der Waals surface area contributed by atoms with E-state index in [1.54, 1.807) is 0 Å². The van der Waals surface area contributed by atoms with Crippen LogP contribution in [0.5, 0.6) is 0 Å². The minimum absolute atomic E-state index is 0.0192. The number of aliphatic carboxylic acids is 1. The number of carboxylic acids is 1. The summed E-state index contributed by atoms with van der Waals surface area (Å²) in [6.45, 7) is 3.67. The van der Waals surface area contributed by atoms with Crippen LogP contribution in [0.2, 0.25) is 0 Å². The highest BCUT2D eigenvalue weighted by atomic mass is 16.4. The first-order chi connectivity index (χ1) is 18.4. The third-order valence-electron chi connectivity index (χ3n) is 7.54. The molecule has 2 heterocycles. The number of aromatic nitrogens is 2. The van der Waals surface area contributed by atoms with E-state index in [9.17, 15) is 9.59 Å². The number of benzene rings is 3. The fourth-order valence-corrected chi connectivity index (χ4v) is 5.47. The van der Waals surface area contributed by atoms with Crippen molar-refractivity contribution in [1.82, 2.24) is 14.9 Å². The molecule has 0 spiro atoms. The second-order valence-corrected chi connectivity index (χ2v) is 10.4. The van der Waals surface area contributed by atoms with E-state index in [4.69, 9.17) is 15.1 Å². The summed E-state index contributed by atoms with van der Waals surface area (Å²) < 4.78 is 0. The second-order valence-electron chi connectivity index (χ2n) is 10.4. The maximum atomic E-state index is 13.6. The summed E-state index contributed by atoms with van der Waals surface area (Å²) in [5.74, 6) is -0.771. The van der Waals surface area contributed by atoms with Gasteiger partial charge >= 0.3 is 5.97 Å². The van der Waals surface area contributed by atoms with Gasteiger partial charge in [0, 0.05) is 36.1 Å². The van der Waals surface area contributed by atoms with Gasteiger partial charge in [-0.05, 0) is 55.9 Å². The van der Waals surface area contributed by atoms with Crippen LogP contribution in [0.25, 0.3) is 22.3 Å². The summed E-state index contributed by atoms with van der Waals surface area (Å²) in [6.07, 6.45) is 4.06. The first-order valence-corrected chi connectivity index (χ1v) is 13.4. The molecule has 0 radical (unpaired) electrons. The number of fused-ring (bicyclic) bond motifs is 1. The van der Waals surface area contributed by atoms with Gasteiger partial charge in [-0.15, -0.1) is 0 Å². The van der Waals surface area contributed by atoms with Gasteiger partial charge in [-0.25, -0.2) is 9.97 Å². The van der Waals surface area contributed by atoms with Crippen molar-refractivity contribution in [2.75, 3.05) is 13.1 Å². The van der Waals surface area contributed by atoms with Crippen molar-refractivity contribution < 1.29 is 14.7 Å². The van der Waals surface area contributed by atoms with Gasteiger partial charge in [0.1, 0.15) is 0 Å². The lowest BCUT2D eigenvalue weighted by molar-refractivity contribution is -0.137. The van der Waals surface area contributed by atoms with E-state index in [1.165, 1.54) is 5.56 Å². The third kappa shape index (κ3) is 5.59. The fraction of sp³-hybridized carbons (Fsp3) is 0.312. The van der Waals surface area contributed by atoms with Gasteiger partial charge in [-0.2, -0.15) is 0 Å². The Hall–Kier alpha value is -4.06. The van der Waals surface area contributed by atoms with Gasteiger partial charge in [-0.1, -0.05) is 67.6 Å². The lowest BCUT2D eigenvalue weighted by Gasteiger charge is -2.41. The Morgan fingerprint density at radius 3 is 2.39 bits per heavy atom. The number of aryl methyl sites for hydroxylation is 1. The third-order valence-corrected chi connectivity index (χ3v) is 7.54. The molecule has 1 unspecified atom stereocenters. The number of carbonyl (C=O) groups is 2. The van der Waals surface area contributed by atoms with Crippen molar-refractivity contribution in [3.05, 3.63) is 95.7 Å². The average molecular weight is 508 g/mol. The van der Waals surface area contributed by atoms with Gasteiger partial charge in [-0.3, -0.25) is 9.59 Å². The molecule has 0 aliphatic carbocycles. The van der Waals surface area contributed by atoms with Crippen molar-refractivity contribution >= 4 is 22.9 Å². The number of unbranched alkanes of at least 4 members (excludes halogenated alkanes) is 1. The van der Waals surface area contributed by atoms with Crippen LogP contribution in [0.3, 0.4) is 0 Å². The molecule has 6 heteroatoms. The Morgan fingerprint density at radius 2 is 1.66 bits per heavy atom. The minimum atomic E-state index is -0.790. The van der Waals surface area contributed by atoms with E-state index in [1.807, 2.05) is 59.5 Å². The van der Waals surface area contributed by atoms with E-state index in [0.717, 1.165) is 41.9 Å². The first kappa shape index (κ1) is 25.6. The van der Waals surface area contributed by atoms with Crippen LogP contribution in [0, 0.1) is 0 Å². The van der Waals surface area contributed by atoms with Crippen LogP contribution in [0.4, 0.5) is 0 Å². The highest BCUT2D eigenvalue weighted by molar-refractivity contribution is 5.97. The molecule has 194 valence electrons. The molecule has 4 aromatic rings. The molecule has 1 N–H and O–H groups in total. The van der Waals surface area contributed by atoms with Crippen LogP contribution in [-0.4, -0.2) is 44.9 Å². The number of hydrogen-bond acceptors (Lipinski definition) is 4. The van der Waals surface area contributed by atoms with Crippen molar-refractivity contribution in [2.45, 2.75) is 50.9 Å². The monoisotopic (exact) mass is 507 g/mol. The molecule has 1 amide bonds. The first-order valence-electron chi connectivity index (χ1n) is 13.4. The molecular weight excluding hydrogens is 474 g/mol. The highest BCUT2D eigenvalue weighted by Crippen LogP contribution is 2.34. The molecule has 38 heavy (non-hydrogen) atoms. The zero-order chi connectivity index (χ0) is 26.5. The molecule has 1 aliphatic heterocycles. The SMILES string of the molecule is CC1(c2ccccc2)CCCN(C(=O)c2ccc3nc(-c4ccccc4)c(CCCCC(=O)O)nc3c2)C1. The molecular formula is C32H33N3O3. The van der Waals surface area contributed by atoms with Crippen molar-refractivity contribution in [3.8, 4) is 11.3 Å². The number of amides is 1. The molecule has 1 saturated heterocycles. The van der Waals surface area contributed by atoms with Crippen molar-refractivity contribution in [1.29, 1.82) is 0 Å². The van der Waals surface area contributed by atoms with E-state index >= 15 is 0 Å². The number of hydrogen-bond donors (Lipinski definition) is 1. The highest BCUT2D eigenvalue weighted by Gasteiger charge is 2.34. The van der Waals surface area contributed by atoms with Crippen LogP contribution in [0.15, 0.2) is 78.9 Å². The molecule has 0 saturated carbocycles. The number of piperidine rings is 1. The summed E-state index contributed by atoms with van der Waals surface area (Å²) in [5.41, 5.74) is 5.85. The largest absolute Gasteiger partial charge is 0.481 e.